The van der Waals surface area contributed by atoms with E-state index in [2.05, 4.69) is 69.3 Å². The van der Waals surface area contributed by atoms with Gasteiger partial charge in [0.05, 0.1) is 31.6 Å². The largest absolute Gasteiger partial charge is 0.494 e. The van der Waals surface area contributed by atoms with Gasteiger partial charge in [-0.05, 0) is 64.9 Å². The van der Waals surface area contributed by atoms with Gasteiger partial charge in [-0.15, -0.1) is 0 Å². The zero-order valence-corrected chi connectivity index (χ0v) is 25.6. The first-order valence-corrected chi connectivity index (χ1v) is 16.0. The fourth-order valence-corrected chi connectivity index (χ4v) is 5.31. The van der Waals surface area contributed by atoms with Crippen molar-refractivity contribution in [1.82, 2.24) is 14.5 Å². The van der Waals surface area contributed by atoms with Crippen molar-refractivity contribution in [3.05, 3.63) is 35.8 Å². The van der Waals surface area contributed by atoms with Gasteiger partial charge in [0.1, 0.15) is 17.2 Å². The molecule has 2 aromatic rings. The van der Waals surface area contributed by atoms with Gasteiger partial charge in [-0.3, -0.25) is 4.90 Å². The molecule has 0 unspecified atom stereocenters. The summed E-state index contributed by atoms with van der Waals surface area (Å²) < 4.78 is 20.3. The highest BCUT2D eigenvalue weighted by atomic mass is 28.4. The molecule has 8 nitrogen and oxygen atoms in total. The molecule has 3 heterocycles. The molecule has 1 aliphatic heterocycles. The molecule has 0 aliphatic carbocycles. The number of nitrogens with zero attached hydrogens (tertiary/aromatic N) is 4. The third-order valence-corrected chi connectivity index (χ3v) is 11.9. The van der Waals surface area contributed by atoms with E-state index >= 15 is 0 Å². The van der Waals surface area contributed by atoms with E-state index in [0.29, 0.717) is 26.2 Å². The summed E-state index contributed by atoms with van der Waals surface area (Å²) in [6, 6.07) is 5.99. The van der Waals surface area contributed by atoms with Crippen LogP contribution in [0.3, 0.4) is 0 Å². The third kappa shape index (κ3) is 6.68. The summed E-state index contributed by atoms with van der Waals surface area (Å²) in [5.74, 6) is 1.58. The summed E-state index contributed by atoms with van der Waals surface area (Å²) in [5.41, 5.74) is 2.59. The number of hydrogen-bond donors (Lipinski definition) is 0. The Hall–Kier alpha value is -2.52. The van der Waals surface area contributed by atoms with Gasteiger partial charge in [0.15, 0.2) is 8.32 Å². The second-order valence-electron chi connectivity index (χ2n) is 12.5. The van der Waals surface area contributed by atoms with Gasteiger partial charge >= 0.3 is 6.09 Å². The monoisotopic (exact) mass is 530 g/mol. The van der Waals surface area contributed by atoms with E-state index in [1.165, 1.54) is 0 Å². The van der Waals surface area contributed by atoms with Crippen LogP contribution in [-0.2, 0) is 9.16 Å². The molecular formula is C28H46N4O4Si. The molecule has 0 aromatic carbocycles. The fourth-order valence-electron chi connectivity index (χ4n) is 4.27. The summed E-state index contributed by atoms with van der Waals surface area (Å²) in [5, 5.41) is 0.0792. The maximum absolute atomic E-state index is 13.2. The van der Waals surface area contributed by atoms with E-state index in [1.54, 1.807) is 7.11 Å². The minimum Gasteiger partial charge on any atom is -0.494 e. The van der Waals surface area contributed by atoms with Gasteiger partial charge in [0.25, 0.3) is 0 Å². The van der Waals surface area contributed by atoms with Crippen molar-refractivity contribution in [2.75, 3.05) is 38.3 Å². The summed E-state index contributed by atoms with van der Waals surface area (Å²) >= 11 is 0. The number of aromatic nitrogens is 2. The van der Waals surface area contributed by atoms with Crippen molar-refractivity contribution in [3.63, 3.8) is 0 Å². The molecule has 1 saturated heterocycles. The van der Waals surface area contributed by atoms with Crippen LogP contribution in [-0.4, -0.2) is 73.9 Å². The smallest absolute Gasteiger partial charge is 0.410 e. The number of hydrogen-bond acceptors (Lipinski definition) is 6. The summed E-state index contributed by atoms with van der Waals surface area (Å²) in [7, 11) is -0.318. The lowest BCUT2D eigenvalue weighted by Gasteiger charge is -2.44. The number of methoxy groups -OCH3 is 1. The summed E-state index contributed by atoms with van der Waals surface area (Å²) in [4.78, 5) is 22.0. The maximum atomic E-state index is 13.2. The lowest BCUT2D eigenvalue weighted by molar-refractivity contribution is 0.00781. The van der Waals surface area contributed by atoms with Crippen LogP contribution in [0.2, 0.25) is 18.1 Å². The SMILES string of the molecule is COc1cc(-n2c(C)ccc2C)ncc1N1CCN(C(=O)OC(C)(C)C)[C@H](CO[Si](C)(C)C(C)(C)C)C1. The van der Waals surface area contributed by atoms with Crippen molar-refractivity contribution in [2.24, 2.45) is 0 Å². The molecule has 1 atom stereocenters. The predicted octanol–water partition coefficient (Wildman–Crippen LogP) is 5.95. The second kappa shape index (κ2) is 10.7. The molecule has 206 valence electrons. The molecule has 1 aliphatic rings. The number of piperazine rings is 1. The molecule has 1 amide bonds. The molecule has 0 N–H and O–H groups in total. The molecule has 0 saturated carbocycles. The lowest BCUT2D eigenvalue weighted by Crippen LogP contribution is -2.59. The Morgan fingerprint density at radius 2 is 1.70 bits per heavy atom. The molecule has 37 heavy (non-hydrogen) atoms. The van der Waals surface area contributed by atoms with E-state index < -0.39 is 13.9 Å². The predicted molar refractivity (Wildman–Crippen MR) is 152 cm³/mol. The number of anilines is 1. The fraction of sp³-hybridized carbons (Fsp3) is 0.643. The minimum absolute atomic E-state index is 0.0792. The number of carbonyl (C=O) groups is 1. The Morgan fingerprint density at radius 3 is 2.24 bits per heavy atom. The number of pyridine rings is 1. The number of amides is 1. The van der Waals surface area contributed by atoms with Crippen molar-refractivity contribution in [3.8, 4) is 11.6 Å². The van der Waals surface area contributed by atoms with Crippen molar-refractivity contribution in [1.29, 1.82) is 0 Å². The molecule has 9 heteroatoms. The average molecular weight is 531 g/mol. The molecule has 1 fully saturated rings. The first-order chi connectivity index (χ1) is 17.0. The minimum atomic E-state index is -2.01. The van der Waals surface area contributed by atoms with Gasteiger partial charge in [0, 0.05) is 37.1 Å². The van der Waals surface area contributed by atoms with Gasteiger partial charge < -0.3 is 23.4 Å². The van der Waals surface area contributed by atoms with Crippen LogP contribution in [0.1, 0.15) is 52.9 Å². The topological polar surface area (TPSA) is 69.1 Å². The van der Waals surface area contributed by atoms with Crippen LogP contribution < -0.4 is 9.64 Å². The lowest BCUT2D eigenvalue weighted by atomic mass is 10.1. The molecular weight excluding hydrogens is 484 g/mol. The molecule has 3 rings (SSSR count). The van der Waals surface area contributed by atoms with Gasteiger partial charge in [-0.25, -0.2) is 9.78 Å². The Bertz CT molecular complexity index is 1080. The standard InChI is InChI=1S/C28H46N4O4Si/c1-20-12-13-21(2)32(20)25-16-24(34-9)23(17-29-25)30-14-15-31(26(33)36-27(3,4)5)22(18-30)19-35-37(10,11)28(6,7)8/h12-13,16-17,22H,14-15,18-19H2,1-11H3/t22-/m0/s1. The van der Waals surface area contributed by atoms with Crippen LogP contribution in [0.15, 0.2) is 24.4 Å². The van der Waals surface area contributed by atoms with E-state index in [1.807, 2.05) is 37.9 Å². The van der Waals surface area contributed by atoms with Gasteiger partial charge in [-0.1, -0.05) is 20.8 Å². The molecule has 2 aromatic heterocycles. The summed E-state index contributed by atoms with van der Waals surface area (Å²) in [6.45, 7) is 23.2. The Kier molecular flexibility index (Phi) is 8.39. The van der Waals surface area contributed by atoms with Gasteiger partial charge in [-0.2, -0.15) is 0 Å². The van der Waals surface area contributed by atoms with Crippen LogP contribution in [0.25, 0.3) is 5.82 Å². The zero-order chi connectivity index (χ0) is 27.8. The third-order valence-electron chi connectivity index (χ3n) is 7.45. The van der Waals surface area contributed by atoms with Crippen molar-refractivity contribution >= 4 is 20.1 Å². The van der Waals surface area contributed by atoms with Crippen LogP contribution >= 0.6 is 0 Å². The molecule has 0 bridgehead atoms. The highest BCUT2D eigenvalue weighted by Crippen LogP contribution is 2.37. The number of carbonyl (C=O) groups excluding carboxylic acids is 1. The Labute approximate surface area is 224 Å². The average Bonchev–Trinajstić information content (AvgIpc) is 3.13. The quantitative estimate of drug-likeness (QED) is 0.430. The van der Waals surface area contributed by atoms with E-state index in [9.17, 15) is 4.79 Å². The molecule has 0 spiro atoms. The molecule has 0 radical (unpaired) electrons. The maximum Gasteiger partial charge on any atom is 0.410 e. The van der Waals surface area contributed by atoms with E-state index in [4.69, 9.17) is 18.9 Å². The van der Waals surface area contributed by atoms with Crippen LogP contribution in [0, 0.1) is 13.8 Å². The normalized spacial score (nSPS) is 17.2. The first kappa shape index (κ1) is 29.0. The first-order valence-electron chi connectivity index (χ1n) is 13.1. The zero-order valence-electron chi connectivity index (χ0n) is 24.6. The van der Waals surface area contributed by atoms with Crippen LogP contribution in [0.4, 0.5) is 10.5 Å². The number of aryl methyl sites for hydroxylation is 2. The van der Waals surface area contributed by atoms with Crippen molar-refractivity contribution in [2.45, 2.75) is 85.2 Å². The Morgan fingerprint density at radius 1 is 1.08 bits per heavy atom. The highest BCUT2D eigenvalue weighted by molar-refractivity contribution is 6.74. The second-order valence-corrected chi connectivity index (χ2v) is 17.3. The van der Waals surface area contributed by atoms with E-state index in [-0.39, 0.29) is 17.2 Å². The number of rotatable bonds is 6. The van der Waals surface area contributed by atoms with Crippen molar-refractivity contribution < 1.29 is 18.7 Å². The number of ether oxygens (including phenoxy) is 2. The van der Waals surface area contributed by atoms with Crippen LogP contribution in [0.5, 0.6) is 5.75 Å². The van der Waals surface area contributed by atoms with E-state index in [0.717, 1.165) is 28.6 Å². The summed E-state index contributed by atoms with van der Waals surface area (Å²) in [6.07, 6.45) is 1.58. The Balaban J connectivity index is 1.89. The highest BCUT2D eigenvalue weighted by Gasteiger charge is 2.40. The van der Waals surface area contributed by atoms with Gasteiger partial charge in [0.2, 0.25) is 0 Å².